The zero-order valence-corrected chi connectivity index (χ0v) is 15.3. The maximum atomic E-state index is 11.6. The third-order valence-electron chi connectivity index (χ3n) is 3.59. The Kier molecular flexibility index (Phi) is 13.2. The first kappa shape index (κ1) is 25.1. The van der Waals surface area contributed by atoms with Gasteiger partial charge in [0, 0.05) is 0 Å². The molecule has 27 heavy (non-hydrogen) atoms. The van der Waals surface area contributed by atoms with Crippen molar-refractivity contribution in [3.05, 3.63) is 0 Å². The molecule has 0 saturated carbocycles. The van der Waals surface area contributed by atoms with Gasteiger partial charge in [-0.05, 0) is 38.8 Å². The lowest BCUT2D eigenvalue weighted by Gasteiger charge is -2.13. The molecule has 11 nitrogen and oxygen atoms in total. The van der Waals surface area contributed by atoms with E-state index in [2.05, 4.69) is 9.47 Å². The summed E-state index contributed by atoms with van der Waals surface area (Å²) < 4.78 is 8.87. The molecular weight excluding hydrogens is 360 g/mol. The molecule has 0 saturated heterocycles. The highest BCUT2D eigenvalue weighted by Gasteiger charge is 2.28. The molecular formula is C16H30N4O7. The summed E-state index contributed by atoms with van der Waals surface area (Å²) in [6.07, 6.45) is 0.192. The number of unbranched alkanes of at least 4 members (excludes halogenated alkanes) is 2. The summed E-state index contributed by atoms with van der Waals surface area (Å²) in [6.45, 7) is 0.890. The number of esters is 4. The van der Waals surface area contributed by atoms with Gasteiger partial charge in [-0.15, -0.1) is 0 Å². The summed E-state index contributed by atoms with van der Waals surface area (Å²) in [4.78, 5) is 46.4. The van der Waals surface area contributed by atoms with Crippen LogP contribution in [0.4, 0.5) is 0 Å². The Bertz CT molecular complexity index is 501. The van der Waals surface area contributed by atoms with Crippen LogP contribution in [0.3, 0.4) is 0 Å². The molecule has 0 aliphatic carbocycles. The topological polar surface area (TPSA) is 211 Å². The highest BCUT2D eigenvalue weighted by molar-refractivity contribution is 5.94. The first-order chi connectivity index (χ1) is 12.7. The zero-order chi connectivity index (χ0) is 20.8. The first-order valence-electron chi connectivity index (χ1n) is 8.82. The van der Waals surface area contributed by atoms with Gasteiger partial charge in [0.15, 0.2) is 6.10 Å². The van der Waals surface area contributed by atoms with E-state index in [-0.39, 0.29) is 12.8 Å². The van der Waals surface area contributed by atoms with Gasteiger partial charge in [0.2, 0.25) is 0 Å². The van der Waals surface area contributed by atoms with Crippen molar-refractivity contribution in [2.75, 3.05) is 13.1 Å². The Morgan fingerprint density at radius 2 is 1.19 bits per heavy atom. The smallest absolute Gasteiger partial charge is 0.343 e. The van der Waals surface area contributed by atoms with Crippen LogP contribution in [0.25, 0.3) is 0 Å². The largest absolute Gasteiger partial charge is 0.392 e. The van der Waals surface area contributed by atoms with Gasteiger partial charge < -0.3 is 37.5 Å². The molecule has 0 aliphatic rings. The number of aliphatic hydroxyl groups excluding tert-OH is 1. The summed E-state index contributed by atoms with van der Waals surface area (Å²) in [5.74, 6) is -4.53. The van der Waals surface area contributed by atoms with Crippen LogP contribution in [0, 0.1) is 0 Å². The predicted molar refractivity (Wildman–Crippen MR) is 94.6 cm³/mol. The fourth-order valence-electron chi connectivity index (χ4n) is 1.97. The minimum Gasteiger partial charge on any atom is -0.392 e. The van der Waals surface area contributed by atoms with Gasteiger partial charge in [-0.25, -0.2) is 14.4 Å². The van der Waals surface area contributed by atoms with E-state index < -0.39 is 48.5 Å². The van der Waals surface area contributed by atoms with E-state index in [0.29, 0.717) is 38.8 Å². The molecule has 3 atom stereocenters. The summed E-state index contributed by atoms with van der Waals surface area (Å²) in [5.41, 5.74) is 21.7. The summed E-state index contributed by atoms with van der Waals surface area (Å²) >= 11 is 0. The molecule has 0 aromatic heterocycles. The number of hydrogen-bond acceptors (Lipinski definition) is 11. The van der Waals surface area contributed by atoms with Gasteiger partial charge >= 0.3 is 23.9 Å². The maximum Gasteiger partial charge on any atom is 0.343 e. The summed E-state index contributed by atoms with van der Waals surface area (Å²) in [6, 6.07) is -2.06. The van der Waals surface area contributed by atoms with E-state index in [0.717, 1.165) is 0 Å². The lowest BCUT2D eigenvalue weighted by molar-refractivity contribution is -0.172. The van der Waals surface area contributed by atoms with E-state index in [1.807, 2.05) is 0 Å². The van der Waals surface area contributed by atoms with E-state index in [4.69, 9.17) is 22.9 Å². The molecule has 0 aliphatic heterocycles. The minimum atomic E-state index is -1.97. The number of carbonyl (C=O) groups is 4. The van der Waals surface area contributed by atoms with Gasteiger partial charge in [-0.3, -0.25) is 4.79 Å². The molecule has 0 aromatic carbocycles. The Labute approximate surface area is 157 Å². The summed E-state index contributed by atoms with van der Waals surface area (Å²) in [5, 5.41) is 9.62. The van der Waals surface area contributed by atoms with E-state index in [9.17, 15) is 24.3 Å². The number of aliphatic hydroxyl groups is 1. The van der Waals surface area contributed by atoms with Gasteiger partial charge in [0.25, 0.3) is 0 Å². The van der Waals surface area contributed by atoms with Crippen molar-refractivity contribution in [1.29, 1.82) is 0 Å². The normalized spacial score (nSPS) is 14.1. The van der Waals surface area contributed by atoms with Crippen molar-refractivity contribution in [3.63, 3.8) is 0 Å². The molecule has 11 heteroatoms. The van der Waals surface area contributed by atoms with Crippen LogP contribution < -0.4 is 22.9 Å². The lowest BCUT2D eigenvalue weighted by atomic mass is 10.1. The van der Waals surface area contributed by atoms with Gasteiger partial charge in [-0.2, -0.15) is 0 Å². The second-order valence-corrected chi connectivity index (χ2v) is 6.04. The number of carbonyl (C=O) groups excluding carboxylic acids is 4. The molecule has 0 rings (SSSR count). The molecule has 0 fully saturated rings. The number of ether oxygens (including phenoxy) is 2. The minimum absolute atomic E-state index is 0.262. The highest BCUT2D eigenvalue weighted by Crippen LogP contribution is 2.05. The third-order valence-corrected chi connectivity index (χ3v) is 3.59. The fourth-order valence-corrected chi connectivity index (χ4v) is 1.97. The fraction of sp³-hybridized carbons (Fsp3) is 0.750. The molecule has 0 amide bonds. The molecule has 156 valence electrons. The molecule has 9 N–H and O–H groups in total. The van der Waals surface area contributed by atoms with Crippen molar-refractivity contribution < 1.29 is 33.8 Å². The monoisotopic (exact) mass is 390 g/mol. The molecule has 0 bridgehead atoms. The van der Waals surface area contributed by atoms with Crippen molar-refractivity contribution in [1.82, 2.24) is 0 Å². The molecule has 1 unspecified atom stereocenters. The van der Waals surface area contributed by atoms with Crippen molar-refractivity contribution >= 4 is 23.9 Å². The van der Waals surface area contributed by atoms with Gasteiger partial charge in [0.1, 0.15) is 12.1 Å². The van der Waals surface area contributed by atoms with Crippen molar-refractivity contribution in [2.45, 2.75) is 63.1 Å². The quantitative estimate of drug-likeness (QED) is 0.129. The molecule has 0 radical (unpaired) electrons. The second-order valence-electron chi connectivity index (χ2n) is 6.04. The van der Waals surface area contributed by atoms with E-state index >= 15 is 0 Å². The molecule has 0 heterocycles. The van der Waals surface area contributed by atoms with Crippen LogP contribution >= 0.6 is 0 Å². The average molecular weight is 390 g/mol. The van der Waals surface area contributed by atoms with E-state index in [1.165, 1.54) is 0 Å². The van der Waals surface area contributed by atoms with Crippen molar-refractivity contribution in [3.8, 4) is 0 Å². The van der Waals surface area contributed by atoms with Crippen LogP contribution in [-0.4, -0.2) is 60.3 Å². The molecule has 0 spiro atoms. The van der Waals surface area contributed by atoms with Crippen LogP contribution in [0.1, 0.15) is 44.9 Å². The van der Waals surface area contributed by atoms with Gasteiger partial charge in [-0.1, -0.05) is 12.8 Å². The Hall–Kier alpha value is -1.92. The Morgan fingerprint density at radius 3 is 1.63 bits per heavy atom. The Morgan fingerprint density at radius 1 is 0.741 bits per heavy atom. The van der Waals surface area contributed by atoms with Crippen LogP contribution in [0.5, 0.6) is 0 Å². The second kappa shape index (κ2) is 14.2. The van der Waals surface area contributed by atoms with E-state index in [1.54, 1.807) is 0 Å². The highest BCUT2D eigenvalue weighted by atomic mass is 16.6. The lowest BCUT2D eigenvalue weighted by Crippen LogP contribution is -2.38. The number of hydrogen-bond donors (Lipinski definition) is 5. The number of nitrogens with two attached hydrogens (primary N) is 4. The average Bonchev–Trinajstić information content (AvgIpc) is 2.61. The van der Waals surface area contributed by atoms with Gasteiger partial charge in [0.05, 0.1) is 6.42 Å². The summed E-state index contributed by atoms with van der Waals surface area (Å²) in [7, 11) is 0. The third kappa shape index (κ3) is 11.4. The maximum absolute atomic E-state index is 11.6. The Balaban J connectivity index is 4.27. The van der Waals surface area contributed by atoms with Crippen LogP contribution in [0.15, 0.2) is 0 Å². The molecule has 0 aromatic rings. The standard InChI is InChI=1S/C16H30N4O7/c17-7-3-1-5-10(19)14(23)26-13(22)9-12(21)16(25)27-15(24)11(20)6-2-4-8-18/h10-12,21H,1-9,17-20H2/t10-,11-,12?/m1/s1. The SMILES string of the molecule is NCCCC[C@@H](N)C(=O)OC(=O)CC(O)C(=O)OC(=O)[C@H](N)CCCCN. The first-order valence-corrected chi connectivity index (χ1v) is 8.82. The van der Waals surface area contributed by atoms with Crippen molar-refractivity contribution in [2.24, 2.45) is 22.9 Å². The van der Waals surface area contributed by atoms with Crippen LogP contribution in [-0.2, 0) is 28.7 Å². The predicted octanol–water partition coefficient (Wildman–Crippen LogP) is -2.21. The number of rotatable bonds is 13. The van der Waals surface area contributed by atoms with Crippen LogP contribution in [0.2, 0.25) is 0 Å². The zero-order valence-electron chi connectivity index (χ0n) is 15.3.